The van der Waals surface area contributed by atoms with Crippen molar-refractivity contribution in [3.8, 4) is 17.2 Å². The van der Waals surface area contributed by atoms with Gasteiger partial charge in [0.2, 0.25) is 0 Å². The number of benzene rings is 1. The molecular formula is C15H14N4. The summed E-state index contributed by atoms with van der Waals surface area (Å²) < 4.78 is 0. The number of hydrogen-bond acceptors (Lipinski definition) is 4. The first kappa shape index (κ1) is 11.5. The Morgan fingerprint density at radius 3 is 2.79 bits per heavy atom. The second-order valence-corrected chi connectivity index (χ2v) is 4.62. The number of aromatic nitrogens is 1. The smallest absolute Gasteiger partial charge is 0.0991 e. The number of rotatable bonds is 1. The lowest BCUT2D eigenvalue weighted by atomic mass is 10.0. The maximum atomic E-state index is 8.85. The van der Waals surface area contributed by atoms with Gasteiger partial charge in [-0.25, -0.2) is 0 Å². The Bertz CT molecular complexity index is 640. The summed E-state index contributed by atoms with van der Waals surface area (Å²) in [5.41, 5.74) is 5.09. The van der Waals surface area contributed by atoms with E-state index in [1.807, 2.05) is 36.7 Å². The van der Waals surface area contributed by atoms with Crippen LogP contribution in [0.3, 0.4) is 0 Å². The third-order valence-electron chi connectivity index (χ3n) is 3.39. The molecule has 0 spiro atoms. The van der Waals surface area contributed by atoms with Crippen molar-refractivity contribution in [3.05, 3.63) is 42.2 Å². The van der Waals surface area contributed by atoms with Crippen LogP contribution in [0.2, 0.25) is 0 Å². The van der Waals surface area contributed by atoms with E-state index >= 15 is 0 Å². The predicted octanol–water partition coefficient (Wildman–Crippen LogP) is 2.48. The van der Waals surface area contributed by atoms with E-state index in [1.165, 1.54) is 5.69 Å². The van der Waals surface area contributed by atoms with E-state index in [0.717, 1.165) is 29.9 Å². The number of anilines is 2. The molecule has 1 aromatic heterocycles. The Morgan fingerprint density at radius 2 is 2.05 bits per heavy atom. The van der Waals surface area contributed by atoms with Crippen LogP contribution in [0, 0.1) is 11.3 Å². The van der Waals surface area contributed by atoms with Crippen LogP contribution >= 0.6 is 0 Å². The van der Waals surface area contributed by atoms with Crippen LogP contribution in [0.1, 0.15) is 5.56 Å². The fourth-order valence-corrected chi connectivity index (χ4v) is 2.40. The zero-order chi connectivity index (χ0) is 13.2. The minimum absolute atomic E-state index is 0.674. The molecule has 1 aromatic carbocycles. The van der Waals surface area contributed by atoms with Gasteiger partial charge in [-0.15, -0.1) is 0 Å². The SMILES string of the molecule is CN1CCNc2cncc(-c3ccc(C#N)cc3)c21. The number of nitrogens with zero attached hydrogens (tertiary/aromatic N) is 3. The molecule has 0 aliphatic carbocycles. The molecule has 0 atom stereocenters. The zero-order valence-electron chi connectivity index (χ0n) is 10.7. The van der Waals surface area contributed by atoms with Gasteiger partial charge in [0.1, 0.15) is 0 Å². The van der Waals surface area contributed by atoms with Crippen LogP contribution in [0.4, 0.5) is 11.4 Å². The van der Waals surface area contributed by atoms with Gasteiger partial charge >= 0.3 is 0 Å². The second kappa shape index (κ2) is 4.62. The average Bonchev–Trinajstić information content (AvgIpc) is 2.47. The van der Waals surface area contributed by atoms with Crippen LogP contribution in [0.25, 0.3) is 11.1 Å². The molecule has 0 unspecified atom stereocenters. The van der Waals surface area contributed by atoms with Gasteiger partial charge in [-0.1, -0.05) is 12.1 Å². The summed E-state index contributed by atoms with van der Waals surface area (Å²) in [7, 11) is 2.09. The fourth-order valence-electron chi connectivity index (χ4n) is 2.40. The van der Waals surface area contributed by atoms with E-state index < -0.39 is 0 Å². The molecule has 1 aliphatic rings. The van der Waals surface area contributed by atoms with Crippen molar-refractivity contribution in [3.63, 3.8) is 0 Å². The molecule has 4 nitrogen and oxygen atoms in total. The van der Waals surface area contributed by atoms with Crippen molar-refractivity contribution in [1.29, 1.82) is 5.26 Å². The lowest BCUT2D eigenvalue weighted by molar-refractivity contribution is 0.884. The topological polar surface area (TPSA) is 52.0 Å². The highest BCUT2D eigenvalue weighted by Crippen LogP contribution is 2.37. The fraction of sp³-hybridized carbons (Fsp3) is 0.200. The van der Waals surface area contributed by atoms with Gasteiger partial charge in [-0.3, -0.25) is 4.98 Å². The van der Waals surface area contributed by atoms with Crippen LogP contribution in [0.5, 0.6) is 0 Å². The van der Waals surface area contributed by atoms with Gasteiger partial charge in [0.15, 0.2) is 0 Å². The Morgan fingerprint density at radius 1 is 1.26 bits per heavy atom. The lowest BCUT2D eigenvalue weighted by Crippen LogP contribution is -2.31. The van der Waals surface area contributed by atoms with E-state index in [-0.39, 0.29) is 0 Å². The molecule has 0 saturated carbocycles. The first-order chi connectivity index (χ1) is 9.29. The molecular weight excluding hydrogens is 236 g/mol. The minimum Gasteiger partial charge on any atom is -0.380 e. The summed E-state index contributed by atoms with van der Waals surface area (Å²) in [5.74, 6) is 0. The number of likely N-dealkylation sites (N-methyl/N-ethyl adjacent to an activating group) is 1. The van der Waals surface area contributed by atoms with Gasteiger partial charge < -0.3 is 10.2 Å². The molecule has 0 saturated heterocycles. The first-order valence-electron chi connectivity index (χ1n) is 6.23. The summed E-state index contributed by atoms with van der Waals surface area (Å²) in [4.78, 5) is 6.53. The molecule has 2 aromatic rings. The monoisotopic (exact) mass is 250 g/mol. The van der Waals surface area contributed by atoms with Crippen molar-refractivity contribution >= 4 is 11.4 Å². The highest BCUT2D eigenvalue weighted by Gasteiger charge is 2.18. The Hall–Kier alpha value is -2.54. The Kier molecular flexibility index (Phi) is 2.81. The quantitative estimate of drug-likeness (QED) is 0.844. The van der Waals surface area contributed by atoms with Crippen molar-refractivity contribution < 1.29 is 0 Å². The molecule has 1 N–H and O–H groups in total. The minimum atomic E-state index is 0.674. The van der Waals surface area contributed by atoms with Crippen LogP contribution < -0.4 is 10.2 Å². The predicted molar refractivity (Wildman–Crippen MR) is 76.1 cm³/mol. The van der Waals surface area contributed by atoms with Gasteiger partial charge in [0, 0.05) is 31.9 Å². The zero-order valence-corrected chi connectivity index (χ0v) is 10.7. The van der Waals surface area contributed by atoms with Gasteiger partial charge in [-0.05, 0) is 17.7 Å². The standard InChI is InChI=1S/C15H14N4/c1-19-7-6-18-14-10-17-9-13(15(14)19)12-4-2-11(8-16)3-5-12/h2-5,9-10,18H,6-7H2,1H3. The number of fused-ring (bicyclic) bond motifs is 1. The van der Waals surface area contributed by atoms with Gasteiger partial charge in [0.25, 0.3) is 0 Å². The molecule has 3 rings (SSSR count). The summed E-state index contributed by atoms with van der Waals surface area (Å²) in [6.07, 6.45) is 3.74. The van der Waals surface area contributed by atoms with Crippen LogP contribution in [-0.2, 0) is 0 Å². The average molecular weight is 250 g/mol. The highest BCUT2D eigenvalue weighted by atomic mass is 15.2. The van der Waals surface area contributed by atoms with E-state index in [9.17, 15) is 0 Å². The third-order valence-corrected chi connectivity index (χ3v) is 3.39. The lowest BCUT2D eigenvalue weighted by Gasteiger charge is -2.30. The van der Waals surface area contributed by atoms with E-state index in [1.54, 1.807) is 0 Å². The molecule has 2 heterocycles. The first-order valence-corrected chi connectivity index (χ1v) is 6.23. The number of nitriles is 1. The number of pyridine rings is 1. The van der Waals surface area contributed by atoms with E-state index in [2.05, 4.69) is 28.3 Å². The molecule has 0 bridgehead atoms. The van der Waals surface area contributed by atoms with E-state index in [4.69, 9.17) is 5.26 Å². The summed E-state index contributed by atoms with van der Waals surface area (Å²) in [5, 5.41) is 12.2. The maximum Gasteiger partial charge on any atom is 0.0991 e. The molecule has 19 heavy (non-hydrogen) atoms. The molecule has 94 valence electrons. The van der Waals surface area contributed by atoms with Gasteiger partial charge in [0.05, 0.1) is 29.2 Å². The summed E-state index contributed by atoms with van der Waals surface area (Å²) in [6.45, 7) is 1.91. The molecule has 0 fully saturated rings. The molecule has 0 radical (unpaired) electrons. The van der Waals surface area contributed by atoms with Crippen LogP contribution in [-0.4, -0.2) is 25.1 Å². The van der Waals surface area contributed by atoms with Crippen molar-refractivity contribution in [2.24, 2.45) is 0 Å². The molecule has 4 heteroatoms. The number of hydrogen-bond donors (Lipinski definition) is 1. The van der Waals surface area contributed by atoms with Crippen molar-refractivity contribution in [1.82, 2.24) is 4.98 Å². The number of nitrogens with one attached hydrogen (secondary N) is 1. The second-order valence-electron chi connectivity index (χ2n) is 4.62. The third kappa shape index (κ3) is 2.00. The summed E-state index contributed by atoms with van der Waals surface area (Å²) >= 11 is 0. The van der Waals surface area contributed by atoms with E-state index in [0.29, 0.717) is 5.56 Å². The van der Waals surface area contributed by atoms with Crippen molar-refractivity contribution in [2.75, 3.05) is 30.4 Å². The van der Waals surface area contributed by atoms with Crippen molar-refractivity contribution in [2.45, 2.75) is 0 Å². The normalized spacial score (nSPS) is 13.4. The van der Waals surface area contributed by atoms with Crippen LogP contribution in [0.15, 0.2) is 36.7 Å². The Balaban J connectivity index is 2.12. The summed E-state index contributed by atoms with van der Waals surface area (Å²) in [6, 6.07) is 9.76. The van der Waals surface area contributed by atoms with Gasteiger partial charge in [-0.2, -0.15) is 5.26 Å². The maximum absolute atomic E-state index is 8.85. The molecule has 0 amide bonds. The Labute approximate surface area is 112 Å². The molecule has 1 aliphatic heterocycles. The largest absolute Gasteiger partial charge is 0.380 e. The highest BCUT2D eigenvalue weighted by molar-refractivity contribution is 5.87.